The van der Waals surface area contributed by atoms with Crippen molar-refractivity contribution in [2.75, 3.05) is 24.7 Å². The van der Waals surface area contributed by atoms with Gasteiger partial charge in [0, 0.05) is 34.8 Å². The van der Waals surface area contributed by atoms with Crippen LogP contribution in [0.5, 0.6) is 0 Å². The topological polar surface area (TPSA) is 50.7 Å². The van der Waals surface area contributed by atoms with Crippen LogP contribution in [0.1, 0.15) is 19.8 Å². The monoisotopic (exact) mass is 386 g/mol. The highest BCUT2D eigenvalue weighted by molar-refractivity contribution is 7.98. The fraction of sp³-hybridized carbons (Fsp3) is 0.333. The molecule has 0 bridgehead atoms. The van der Waals surface area contributed by atoms with Crippen molar-refractivity contribution in [2.45, 2.75) is 30.3 Å². The molecule has 0 aromatic heterocycles. The first-order valence-corrected chi connectivity index (χ1v) is 10.2. The lowest BCUT2D eigenvalue weighted by Crippen LogP contribution is -2.26. The van der Waals surface area contributed by atoms with Crippen LogP contribution < -0.4 is 5.32 Å². The molecule has 1 aliphatic heterocycles. The Hall–Kier alpha value is -2.34. The molecular weight excluding hydrogens is 363 g/mol. The van der Waals surface area contributed by atoms with Crippen LogP contribution in [0.25, 0.3) is 0 Å². The van der Waals surface area contributed by atoms with Gasteiger partial charge in [-0.05, 0) is 61.7 Å². The lowest BCUT2D eigenvalue weighted by Gasteiger charge is -2.20. The molecule has 3 rings (SSSR count). The largest absolute Gasteiger partial charge is 0.466 e. The number of benzene rings is 1. The molecule has 1 aromatic rings. The highest BCUT2D eigenvalue weighted by Gasteiger charge is 2.33. The van der Waals surface area contributed by atoms with E-state index in [0.29, 0.717) is 0 Å². The minimum absolute atomic E-state index is 0.249. The fourth-order valence-corrected chi connectivity index (χ4v) is 3.40. The Balaban J connectivity index is 1.57. The number of hydrogen-bond donors (Lipinski definition) is 1. The van der Waals surface area contributed by atoms with Crippen LogP contribution in [0.15, 0.2) is 69.7 Å². The first-order valence-electron chi connectivity index (χ1n) is 8.95. The van der Waals surface area contributed by atoms with Gasteiger partial charge in [0.05, 0.1) is 18.7 Å². The number of rotatable bonds is 8. The van der Waals surface area contributed by atoms with E-state index in [4.69, 9.17) is 4.74 Å². The third-order valence-corrected chi connectivity index (χ3v) is 5.06. The number of carbonyl (C=O) groups is 1. The van der Waals surface area contributed by atoms with Crippen LogP contribution in [0, 0.1) is 0 Å². The Kier molecular flexibility index (Phi) is 6.16. The normalized spacial score (nSPS) is 20.5. The second-order valence-corrected chi connectivity index (χ2v) is 7.26. The van der Waals surface area contributed by atoms with Gasteiger partial charge < -0.3 is 10.1 Å². The zero-order chi connectivity index (χ0) is 19.3. The van der Waals surface area contributed by atoms with E-state index in [1.165, 1.54) is 17.0 Å². The molecule has 27 heavy (non-hydrogen) atoms. The van der Waals surface area contributed by atoms with Gasteiger partial charge >= 0.3 is 5.97 Å². The molecule has 142 valence electrons. The molecule has 0 saturated heterocycles. The summed E-state index contributed by atoms with van der Waals surface area (Å²) in [6, 6.07) is 8.27. The number of esters is 1. The molecule has 2 aliphatic rings. The number of hydrogen-bond acceptors (Lipinski definition) is 5. The molecular formula is C21H23FN2O2S. The summed E-state index contributed by atoms with van der Waals surface area (Å²) >= 11 is 1.71. The number of carbonyl (C=O) groups excluding carboxylic acids is 1. The highest BCUT2D eigenvalue weighted by Crippen LogP contribution is 2.32. The second-order valence-electron chi connectivity index (χ2n) is 6.38. The van der Waals surface area contributed by atoms with Crippen LogP contribution in [-0.2, 0) is 9.53 Å². The maximum Gasteiger partial charge on any atom is 0.309 e. The summed E-state index contributed by atoms with van der Waals surface area (Å²) in [6.07, 6.45) is 8.85. The predicted octanol–water partition coefficient (Wildman–Crippen LogP) is 4.71. The van der Waals surface area contributed by atoms with Crippen molar-refractivity contribution in [1.29, 1.82) is 0 Å². The highest BCUT2D eigenvalue weighted by atomic mass is 32.2. The van der Waals surface area contributed by atoms with Crippen molar-refractivity contribution in [3.8, 4) is 0 Å². The summed E-state index contributed by atoms with van der Waals surface area (Å²) < 4.78 is 19.7. The van der Waals surface area contributed by atoms with Crippen LogP contribution in [0.4, 0.5) is 10.1 Å². The van der Waals surface area contributed by atoms with E-state index in [1.807, 2.05) is 6.08 Å². The molecule has 1 N–H and O–H groups in total. The lowest BCUT2D eigenvalue weighted by atomic mass is 9.91. The van der Waals surface area contributed by atoms with Gasteiger partial charge in [-0.25, -0.2) is 4.39 Å². The first kappa shape index (κ1) is 19.4. The van der Waals surface area contributed by atoms with Crippen molar-refractivity contribution in [1.82, 2.24) is 0 Å². The van der Waals surface area contributed by atoms with Crippen molar-refractivity contribution >= 4 is 29.1 Å². The zero-order valence-electron chi connectivity index (χ0n) is 15.5. The molecule has 0 saturated carbocycles. The Labute approximate surface area is 163 Å². The van der Waals surface area contributed by atoms with Gasteiger partial charge in [0.25, 0.3) is 0 Å². The molecule has 1 atom stereocenters. The van der Waals surface area contributed by atoms with E-state index in [-0.39, 0.29) is 13.0 Å². The number of alkyl halides is 1. The molecule has 1 heterocycles. The Morgan fingerprint density at radius 1 is 1.33 bits per heavy atom. The smallest absolute Gasteiger partial charge is 0.309 e. The number of nitrogens with one attached hydrogen (secondary N) is 1. The molecule has 1 unspecified atom stereocenters. The SMILES string of the molecule is CCOC(=O)CC1(F)C=CC2=NC(CCNc3ccc(SC)cc3)=CC2=C1. The van der Waals surface area contributed by atoms with E-state index in [1.54, 1.807) is 24.8 Å². The van der Waals surface area contributed by atoms with Gasteiger partial charge in [-0.2, -0.15) is 0 Å². The zero-order valence-corrected chi connectivity index (χ0v) is 16.3. The standard InChI is InChI=1S/C21H23FN2O2S/c1-3-26-20(25)14-21(22)10-8-19-15(13-21)12-17(24-19)9-11-23-16-4-6-18(27-2)7-5-16/h4-8,10,12-13,23H,3,9,11,14H2,1-2H3. The molecule has 6 heteroatoms. The van der Waals surface area contributed by atoms with Gasteiger partial charge in [-0.3, -0.25) is 9.79 Å². The molecule has 0 fully saturated rings. The molecule has 0 radical (unpaired) electrons. The summed E-state index contributed by atoms with van der Waals surface area (Å²) in [7, 11) is 0. The van der Waals surface area contributed by atoms with Crippen molar-refractivity contribution < 1.29 is 13.9 Å². The van der Waals surface area contributed by atoms with Gasteiger partial charge in [-0.15, -0.1) is 11.8 Å². The van der Waals surface area contributed by atoms with E-state index >= 15 is 0 Å². The number of thioether (sulfide) groups is 1. The summed E-state index contributed by atoms with van der Waals surface area (Å²) in [6.45, 7) is 2.70. The number of anilines is 1. The average molecular weight is 386 g/mol. The van der Waals surface area contributed by atoms with E-state index in [0.717, 1.165) is 35.6 Å². The molecule has 0 spiro atoms. The van der Waals surface area contributed by atoms with Crippen LogP contribution in [0.2, 0.25) is 0 Å². The minimum Gasteiger partial charge on any atom is -0.466 e. The Morgan fingerprint density at radius 3 is 2.81 bits per heavy atom. The van der Waals surface area contributed by atoms with Gasteiger partial charge in [-0.1, -0.05) is 0 Å². The third-order valence-electron chi connectivity index (χ3n) is 4.32. The van der Waals surface area contributed by atoms with Crippen LogP contribution in [0.3, 0.4) is 0 Å². The number of ether oxygens (including phenoxy) is 1. The van der Waals surface area contributed by atoms with Gasteiger partial charge in [0.15, 0.2) is 5.67 Å². The molecule has 1 aliphatic carbocycles. The van der Waals surface area contributed by atoms with Crippen molar-refractivity contribution in [2.24, 2.45) is 4.99 Å². The minimum atomic E-state index is -1.82. The quantitative estimate of drug-likeness (QED) is 0.519. The predicted molar refractivity (Wildman–Crippen MR) is 109 cm³/mol. The fourth-order valence-electron chi connectivity index (χ4n) is 2.99. The van der Waals surface area contributed by atoms with Gasteiger partial charge in [0.2, 0.25) is 0 Å². The van der Waals surface area contributed by atoms with Crippen molar-refractivity contribution in [3.63, 3.8) is 0 Å². The number of nitrogens with zero attached hydrogens (tertiary/aromatic N) is 1. The third kappa shape index (κ3) is 5.10. The Bertz CT molecular complexity index is 827. The van der Waals surface area contributed by atoms with Gasteiger partial charge in [0.1, 0.15) is 0 Å². The summed E-state index contributed by atoms with van der Waals surface area (Å²) in [4.78, 5) is 17.4. The number of halogens is 1. The summed E-state index contributed by atoms with van der Waals surface area (Å²) in [5, 5.41) is 3.37. The maximum atomic E-state index is 14.9. The number of fused-ring (bicyclic) bond motifs is 1. The Morgan fingerprint density at radius 2 is 2.11 bits per heavy atom. The van der Waals surface area contributed by atoms with Crippen LogP contribution in [-0.4, -0.2) is 36.8 Å². The molecule has 4 nitrogen and oxygen atoms in total. The van der Waals surface area contributed by atoms with E-state index in [9.17, 15) is 9.18 Å². The van der Waals surface area contributed by atoms with Crippen molar-refractivity contribution in [3.05, 3.63) is 59.8 Å². The first-order chi connectivity index (χ1) is 13.0. The second kappa shape index (κ2) is 8.57. The average Bonchev–Trinajstić information content (AvgIpc) is 3.03. The number of aliphatic imine (C=N–C) groups is 1. The maximum absolute atomic E-state index is 14.9. The summed E-state index contributed by atoms with van der Waals surface area (Å²) in [5.74, 6) is -0.541. The van der Waals surface area contributed by atoms with E-state index in [2.05, 4.69) is 40.8 Å². The lowest BCUT2D eigenvalue weighted by molar-refractivity contribution is -0.144. The van der Waals surface area contributed by atoms with Crippen LogP contribution >= 0.6 is 11.8 Å². The molecule has 1 aromatic carbocycles. The number of allylic oxidation sites excluding steroid dienone is 5. The molecule has 0 amide bonds. The summed E-state index contributed by atoms with van der Waals surface area (Å²) in [5.41, 5.74) is 1.61. The van der Waals surface area contributed by atoms with E-state index < -0.39 is 11.6 Å².